The van der Waals surface area contributed by atoms with Gasteiger partial charge in [-0.1, -0.05) is 29.3 Å². The van der Waals surface area contributed by atoms with Crippen LogP contribution in [0.3, 0.4) is 0 Å². The third kappa shape index (κ3) is 1.51. The number of nitrogens with zero attached hydrogens (tertiary/aromatic N) is 2. The molecule has 16 heavy (non-hydrogen) atoms. The second-order valence-electron chi connectivity index (χ2n) is 3.46. The van der Waals surface area contributed by atoms with Crippen molar-refractivity contribution in [1.29, 1.82) is 0 Å². The summed E-state index contributed by atoms with van der Waals surface area (Å²) in [6, 6.07) is 11.0. The largest absolute Gasteiger partial charge is 0.244 e. The van der Waals surface area contributed by atoms with Crippen molar-refractivity contribution in [2.75, 3.05) is 0 Å². The van der Waals surface area contributed by atoms with Crippen molar-refractivity contribution < 1.29 is 0 Å². The maximum Gasteiger partial charge on any atom is 0.108 e. The molecule has 4 heteroatoms. The van der Waals surface area contributed by atoms with E-state index in [4.69, 9.17) is 23.2 Å². The minimum Gasteiger partial charge on any atom is -0.244 e. The van der Waals surface area contributed by atoms with E-state index in [1.54, 1.807) is 18.2 Å². The molecule has 0 N–H and O–H groups in total. The molecule has 0 saturated carbocycles. The molecule has 3 rings (SSSR count). The van der Waals surface area contributed by atoms with E-state index in [0.29, 0.717) is 10.0 Å². The predicted molar refractivity (Wildman–Crippen MR) is 67.1 cm³/mol. The highest BCUT2D eigenvalue weighted by molar-refractivity contribution is 6.35. The molecule has 0 amide bonds. The lowest BCUT2D eigenvalue weighted by Gasteiger charge is -2.02. The number of para-hydroxylation sites is 1. The van der Waals surface area contributed by atoms with E-state index in [1.807, 2.05) is 18.2 Å². The fourth-order valence-corrected chi connectivity index (χ4v) is 2.01. The summed E-state index contributed by atoms with van der Waals surface area (Å²) >= 11 is 12.0. The van der Waals surface area contributed by atoms with Gasteiger partial charge in [-0.25, -0.2) is 9.97 Å². The first kappa shape index (κ1) is 9.82. The normalized spacial score (nSPS) is 11.1. The topological polar surface area (TPSA) is 25.8 Å². The van der Waals surface area contributed by atoms with E-state index >= 15 is 0 Å². The molecule has 0 aliphatic carbocycles. The minimum absolute atomic E-state index is 0.613. The standard InChI is InChI=1S/C12H6Cl2N2/c13-7-4-5-9-11(6-7)15-10-3-1-2-8(14)12(10)16-9/h1-6H. The highest BCUT2D eigenvalue weighted by Gasteiger charge is 2.04. The molecule has 2 aromatic carbocycles. The summed E-state index contributed by atoms with van der Waals surface area (Å²) in [5.74, 6) is 0. The molecular weight excluding hydrogens is 243 g/mol. The first-order valence-electron chi connectivity index (χ1n) is 4.75. The Morgan fingerprint density at radius 1 is 0.812 bits per heavy atom. The zero-order valence-corrected chi connectivity index (χ0v) is 9.63. The van der Waals surface area contributed by atoms with Crippen LogP contribution in [0.4, 0.5) is 0 Å². The number of halogens is 2. The summed E-state index contributed by atoms with van der Waals surface area (Å²) < 4.78 is 0. The van der Waals surface area contributed by atoms with Crippen molar-refractivity contribution >= 4 is 45.3 Å². The van der Waals surface area contributed by atoms with Crippen LogP contribution in [-0.2, 0) is 0 Å². The predicted octanol–water partition coefficient (Wildman–Crippen LogP) is 4.09. The van der Waals surface area contributed by atoms with Gasteiger partial charge in [0.15, 0.2) is 0 Å². The Kier molecular flexibility index (Phi) is 2.20. The van der Waals surface area contributed by atoms with Crippen LogP contribution in [0.2, 0.25) is 10.0 Å². The molecule has 0 saturated heterocycles. The van der Waals surface area contributed by atoms with Crippen LogP contribution in [0, 0.1) is 0 Å². The van der Waals surface area contributed by atoms with Gasteiger partial charge in [0, 0.05) is 5.02 Å². The third-order valence-corrected chi connectivity index (χ3v) is 2.92. The van der Waals surface area contributed by atoms with Gasteiger partial charge >= 0.3 is 0 Å². The molecule has 1 aromatic heterocycles. The van der Waals surface area contributed by atoms with Crippen molar-refractivity contribution in [2.45, 2.75) is 0 Å². The number of aromatic nitrogens is 2. The van der Waals surface area contributed by atoms with Gasteiger partial charge in [-0.3, -0.25) is 0 Å². The zero-order chi connectivity index (χ0) is 11.1. The van der Waals surface area contributed by atoms with Gasteiger partial charge < -0.3 is 0 Å². The number of hydrogen-bond donors (Lipinski definition) is 0. The molecule has 1 heterocycles. The first-order chi connectivity index (χ1) is 7.74. The Labute approximate surface area is 102 Å². The van der Waals surface area contributed by atoms with Crippen LogP contribution in [0.5, 0.6) is 0 Å². The quantitative estimate of drug-likeness (QED) is 0.561. The first-order valence-corrected chi connectivity index (χ1v) is 5.51. The maximum atomic E-state index is 6.06. The Balaban J connectivity index is 2.49. The SMILES string of the molecule is Clc1ccc2nc3c(Cl)cccc3nc2c1. The van der Waals surface area contributed by atoms with Crippen LogP contribution < -0.4 is 0 Å². The number of rotatable bonds is 0. The fraction of sp³-hybridized carbons (Fsp3) is 0. The Hall–Kier alpha value is -1.38. The third-order valence-electron chi connectivity index (χ3n) is 2.38. The summed E-state index contributed by atoms with van der Waals surface area (Å²) in [5, 5.41) is 1.27. The smallest absolute Gasteiger partial charge is 0.108 e. The second kappa shape index (κ2) is 3.58. The molecule has 0 bridgehead atoms. The lowest BCUT2D eigenvalue weighted by molar-refractivity contribution is 1.39. The van der Waals surface area contributed by atoms with Crippen LogP contribution in [0.25, 0.3) is 22.1 Å². The zero-order valence-electron chi connectivity index (χ0n) is 8.11. The fourth-order valence-electron chi connectivity index (χ4n) is 1.64. The Bertz CT molecular complexity index is 694. The van der Waals surface area contributed by atoms with Crippen molar-refractivity contribution in [3.63, 3.8) is 0 Å². The van der Waals surface area contributed by atoms with Crippen LogP contribution in [0.1, 0.15) is 0 Å². The molecule has 0 atom stereocenters. The minimum atomic E-state index is 0.613. The molecule has 0 radical (unpaired) electrons. The summed E-state index contributed by atoms with van der Waals surface area (Å²) in [6.07, 6.45) is 0. The summed E-state index contributed by atoms with van der Waals surface area (Å²) in [6.45, 7) is 0. The maximum absolute atomic E-state index is 6.06. The molecular formula is C12H6Cl2N2. The number of benzene rings is 2. The van der Waals surface area contributed by atoms with Gasteiger partial charge in [0.1, 0.15) is 5.52 Å². The van der Waals surface area contributed by atoms with E-state index in [2.05, 4.69) is 9.97 Å². The monoisotopic (exact) mass is 248 g/mol. The molecule has 2 nitrogen and oxygen atoms in total. The molecule has 0 spiro atoms. The highest BCUT2D eigenvalue weighted by atomic mass is 35.5. The van der Waals surface area contributed by atoms with E-state index in [-0.39, 0.29) is 0 Å². The van der Waals surface area contributed by atoms with Crippen LogP contribution in [0.15, 0.2) is 36.4 Å². The van der Waals surface area contributed by atoms with Crippen LogP contribution >= 0.6 is 23.2 Å². The van der Waals surface area contributed by atoms with E-state index < -0.39 is 0 Å². The van der Waals surface area contributed by atoms with Gasteiger partial charge in [0.25, 0.3) is 0 Å². The molecule has 0 unspecified atom stereocenters. The van der Waals surface area contributed by atoms with Crippen molar-refractivity contribution in [2.24, 2.45) is 0 Å². The summed E-state index contributed by atoms with van der Waals surface area (Å²) in [4.78, 5) is 8.93. The molecule has 3 aromatic rings. The van der Waals surface area contributed by atoms with Gasteiger partial charge in [-0.05, 0) is 30.3 Å². The Morgan fingerprint density at radius 2 is 1.69 bits per heavy atom. The second-order valence-corrected chi connectivity index (χ2v) is 4.31. The van der Waals surface area contributed by atoms with E-state index in [1.165, 1.54) is 0 Å². The van der Waals surface area contributed by atoms with E-state index in [9.17, 15) is 0 Å². The molecule has 0 aliphatic rings. The summed E-state index contributed by atoms with van der Waals surface area (Å²) in [7, 11) is 0. The van der Waals surface area contributed by atoms with Gasteiger partial charge in [-0.15, -0.1) is 0 Å². The van der Waals surface area contributed by atoms with Crippen molar-refractivity contribution in [1.82, 2.24) is 9.97 Å². The highest BCUT2D eigenvalue weighted by Crippen LogP contribution is 2.24. The van der Waals surface area contributed by atoms with Crippen molar-refractivity contribution in [3.05, 3.63) is 46.4 Å². The lowest BCUT2D eigenvalue weighted by atomic mass is 10.2. The average molecular weight is 249 g/mol. The Morgan fingerprint density at radius 3 is 2.56 bits per heavy atom. The van der Waals surface area contributed by atoms with Gasteiger partial charge in [0.05, 0.1) is 21.6 Å². The molecule has 0 aliphatic heterocycles. The average Bonchev–Trinajstić information content (AvgIpc) is 2.27. The van der Waals surface area contributed by atoms with Gasteiger partial charge in [-0.2, -0.15) is 0 Å². The lowest BCUT2D eigenvalue weighted by Crippen LogP contribution is -1.87. The number of hydrogen-bond acceptors (Lipinski definition) is 2. The molecule has 78 valence electrons. The molecule has 0 fully saturated rings. The summed E-state index contributed by atoms with van der Waals surface area (Å²) in [5.41, 5.74) is 3.08. The van der Waals surface area contributed by atoms with Crippen LogP contribution in [-0.4, -0.2) is 9.97 Å². The van der Waals surface area contributed by atoms with E-state index in [0.717, 1.165) is 22.1 Å². The van der Waals surface area contributed by atoms with Gasteiger partial charge in [0.2, 0.25) is 0 Å². The number of fused-ring (bicyclic) bond motifs is 2. The van der Waals surface area contributed by atoms with Crippen molar-refractivity contribution in [3.8, 4) is 0 Å².